The molecule has 1 N–H and O–H groups in total. The van der Waals surface area contributed by atoms with Crippen molar-refractivity contribution in [1.29, 1.82) is 0 Å². The number of ether oxygens (including phenoxy) is 2. The number of allylic oxidation sites excluding steroid dienone is 6. The second-order valence-electron chi connectivity index (χ2n) is 16.6. The molecule has 60 heavy (non-hydrogen) atoms. The Labute approximate surface area is 351 Å². The number of amides is 2. The van der Waals surface area contributed by atoms with E-state index in [-0.39, 0.29) is 29.7 Å². The van der Waals surface area contributed by atoms with Crippen LogP contribution in [-0.4, -0.2) is 78.4 Å². The molecule has 1 fully saturated rings. The van der Waals surface area contributed by atoms with Gasteiger partial charge in [0.05, 0.1) is 22.5 Å². The van der Waals surface area contributed by atoms with Gasteiger partial charge >= 0.3 is 5.97 Å². The lowest BCUT2D eigenvalue weighted by molar-refractivity contribution is -0.438. The van der Waals surface area contributed by atoms with Crippen molar-refractivity contribution in [2.45, 2.75) is 89.0 Å². The van der Waals surface area contributed by atoms with Crippen LogP contribution >= 0.6 is 0 Å². The molecule has 0 radical (unpaired) electrons. The number of imide groups is 1. The summed E-state index contributed by atoms with van der Waals surface area (Å²) in [5.74, 6) is -0.198. The molecule has 0 unspecified atom stereocenters. The molecule has 3 aromatic rings. The van der Waals surface area contributed by atoms with E-state index >= 15 is 0 Å². The van der Waals surface area contributed by atoms with Gasteiger partial charge < -0.3 is 19.2 Å². The third kappa shape index (κ3) is 8.52. The minimum atomic E-state index is -4.45. The molecule has 2 amide bonds. The summed E-state index contributed by atoms with van der Waals surface area (Å²) in [6.07, 6.45) is 12.4. The number of anilines is 1. The summed E-state index contributed by atoms with van der Waals surface area (Å²) in [6.45, 7) is 12.4. The number of rotatable bonds is 14. The molecule has 1 saturated heterocycles. The van der Waals surface area contributed by atoms with Crippen LogP contribution in [-0.2, 0) is 39.5 Å². The molecule has 12 nitrogen and oxygen atoms in total. The molecular formula is C47H52N3O9S+. The van der Waals surface area contributed by atoms with Crippen molar-refractivity contribution >= 4 is 61.9 Å². The SMILES string of the molecule is COCCN1c2cc3c(cc2C(C)=CC1(C)C)/C(=C/C=C/C1=[N+](CCCCCC(=O)ON2C(=O)CCC2=O)c2ccc(S(=O)(=O)O)cc2C1(C)C)C=C(c1ccccc1)O3. The van der Waals surface area contributed by atoms with Gasteiger partial charge in [-0.3, -0.25) is 14.1 Å². The van der Waals surface area contributed by atoms with Gasteiger partial charge in [0.15, 0.2) is 5.71 Å². The van der Waals surface area contributed by atoms with Crippen LogP contribution in [0, 0.1) is 0 Å². The number of unbranched alkanes of at least 4 members (excludes halogenated alkanes) is 2. The molecule has 0 aromatic heterocycles. The number of hydroxylamine groups is 2. The summed E-state index contributed by atoms with van der Waals surface area (Å²) in [5, 5.41) is 0.566. The number of hydrogen-bond donors (Lipinski definition) is 1. The summed E-state index contributed by atoms with van der Waals surface area (Å²) in [7, 11) is -2.73. The van der Waals surface area contributed by atoms with Gasteiger partial charge in [0.2, 0.25) is 5.69 Å². The zero-order valence-corrected chi connectivity index (χ0v) is 35.8. The van der Waals surface area contributed by atoms with Crippen molar-refractivity contribution in [2.75, 3.05) is 31.7 Å². The summed E-state index contributed by atoms with van der Waals surface area (Å²) < 4.78 is 48.8. The third-order valence-corrected chi connectivity index (χ3v) is 12.5. The highest BCUT2D eigenvalue weighted by Crippen LogP contribution is 2.47. The molecule has 0 saturated carbocycles. The van der Waals surface area contributed by atoms with E-state index in [1.54, 1.807) is 13.2 Å². The van der Waals surface area contributed by atoms with E-state index in [2.05, 4.69) is 60.6 Å². The lowest BCUT2D eigenvalue weighted by Crippen LogP contribution is -2.46. The molecule has 4 heterocycles. The normalized spacial score (nSPS) is 18.7. The Morgan fingerprint density at radius 2 is 1.70 bits per heavy atom. The number of hydrogen-bond acceptors (Lipinski definition) is 9. The van der Waals surface area contributed by atoms with Crippen LogP contribution < -0.4 is 9.64 Å². The largest absolute Gasteiger partial charge is 0.456 e. The summed E-state index contributed by atoms with van der Waals surface area (Å²) >= 11 is 0. The van der Waals surface area contributed by atoms with Crippen molar-refractivity contribution in [3.63, 3.8) is 0 Å². The van der Waals surface area contributed by atoms with Crippen LogP contribution in [0.3, 0.4) is 0 Å². The fraction of sp³-hybridized carbons (Fsp3) is 0.362. The zero-order chi connectivity index (χ0) is 43.0. The van der Waals surface area contributed by atoms with E-state index in [1.807, 2.05) is 56.3 Å². The zero-order valence-electron chi connectivity index (χ0n) is 35.0. The van der Waals surface area contributed by atoms with Crippen molar-refractivity contribution < 1.29 is 46.2 Å². The molecular weight excluding hydrogens is 783 g/mol. The van der Waals surface area contributed by atoms with Gasteiger partial charge in [0, 0.05) is 85.5 Å². The smallest absolute Gasteiger partial charge is 0.333 e. The van der Waals surface area contributed by atoms with Gasteiger partial charge in [0.25, 0.3) is 21.9 Å². The first kappa shape index (κ1) is 42.5. The lowest BCUT2D eigenvalue weighted by atomic mass is 9.81. The van der Waals surface area contributed by atoms with Gasteiger partial charge in [-0.15, -0.1) is 5.06 Å². The van der Waals surface area contributed by atoms with Gasteiger partial charge in [0.1, 0.15) is 18.1 Å². The predicted octanol–water partition coefficient (Wildman–Crippen LogP) is 8.20. The van der Waals surface area contributed by atoms with E-state index in [0.29, 0.717) is 44.0 Å². The molecule has 0 spiro atoms. The van der Waals surface area contributed by atoms with E-state index in [9.17, 15) is 27.4 Å². The first-order chi connectivity index (χ1) is 28.5. The molecule has 0 aliphatic carbocycles. The topological polar surface area (TPSA) is 143 Å². The van der Waals surface area contributed by atoms with Crippen LogP contribution in [0.25, 0.3) is 16.9 Å². The van der Waals surface area contributed by atoms with Crippen LogP contribution in [0.1, 0.15) is 95.4 Å². The Bertz CT molecular complexity index is 2500. The van der Waals surface area contributed by atoms with E-state index in [4.69, 9.17) is 14.3 Å². The maximum atomic E-state index is 12.4. The highest BCUT2D eigenvalue weighted by Gasteiger charge is 2.45. The first-order valence-corrected chi connectivity index (χ1v) is 21.8. The van der Waals surface area contributed by atoms with Gasteiger partial charge in [-0.2, -0.15) is 13.0 Å². The van der Waals surface area contributed by atoms with Crippen molar-refractivity contribution in [3.05, 3.63) is 113 Å². The Kier molecular flexibility index (Phi) is 11.9. The predicted molar refractivity (Wildman–Crippen MR) is 230 cm³/mol. The van der Waals surface area contributed by atoms with Gasteiger partial charge in [-0.05, 0) is 82.9 Å². The molecule has 3 aromatic carbocycles. The fourth-order valence-electron chi connectivity index (χ4n) is 8.58. The molecule has 0 bridgehead atoms. The summed E-state index contributed by atoms with van der Waals surface area (Å²) in [5.41, 5.74) is 7.82. The van der Waals surface area contributed by atoms with Crippen LogP contribution in [0.2, 0.25) is 0 Å². The van der Waals surface area contributed by atoms with Crippen molar-refractivity contribution in [3.8, 4) is 5.75 Å². The number of benzene rings is 3. The summed E-state index contributed by atoms with van der Waals surface area (Å²) in [6, 6.07) is 19.0. The monoisotopic (exact) mass is 834 g/mol. The van der Waals surface area contributed by atoms with Gasteiger partial charge in [-0.1, -0.05) is 48.6 Å². The molecule has 0 atom stereocenters. The van der Waals surface area contributed by atoms with Crippen LogP contribution in [0.4, 0.5) is 11.4 Å². The highest BCUT2D eigenvalue weighted by atomic mass is 32.2. The number of methoxy groups -OCH3 is 1. The number of nitrogens with zero attached hydrogens (tertiary/aromatic N) is 3. The Balaban J connectivity index is 1.22. The minimum Gasteiger partial charge on any atom is -0.456 e. The standard InChI is InChI=1S/C47H51N3O9S/c1-31-30-46(2,3)49(24-25-57-6)39-29-41-36(28-35(31)39)33(26-40(58-41)32-14-9-7-10-15-32)16-13-17-42-47(4,5)37-27-34(60(54,55)56)19-20-38(37)48(42)23-12-8-11-18-45(53)59-50-43(51)21-22-44(50)52/h7,9-10,13-17,19-20,26-30H,8,11-12,18,21-25H2,1-6H3/p+1. The number of carbonyl (C=O) groups is 3. The molecule has 314 valence electrons. The average molecular weight is 835 g/mol. The van der Waals surface area contributed by atoms with Crippen molar-refractivity contribution in [1.82, 2.24) is 5.06 Å². The molecule has 4 aliphatic heterocycles. The number of fused-ring (bicyclic) bond motifs is 3. The van der Waals surface area contributed by atoms with Gasteiger partial charge in [-0.25, -0.2) is 4.79 Å². The Morgan fingerprint density at radius 1 is 0.967 bits per heavy atom. The van der Waals surface area contributed by atoms with E-state index < -0.39 is 33.3 Å². The fourth-order valence-corrected chi connectivity index (χ4v) is 9.08. The second kappa shape index (κ2) is 16.8. The van der Waals surface area contributed by atoms with Crippen LogP contribution in [0.15, 0.2) is 95.9 Å². The van der Waals surface area contributed by atoms with Crippen LogP contribution in [0.5, 0.6) is 5.75 Å². The quantitative estimate of drug-likeness (QED) is 0.0731. The summed E-state index contributed by atoms with van der Waals surface area (Å²) in [4.78, 5) is 43.4. The first-order valence-electron chi connectivity index (χ1n) is 20.3. The van der Waals surface area contributed by atoms with E-state index in [1.165, 1.54) is 17.7 Å². The minimum absolute atomic E-state index is 0.0370. The third-order valence-electron chi connectivity index (χ3n) is 11.6. The Hall–Kier alpha value is -5.63. The second-order valence-corrected chi connectivity index (χ2v) is 18.0. The van der Waals surface area contributed by atoms with Crippen molar-refractivity contribution in [2.24, 2.45) is 0 Å². The molecule has 7 rings (SSSR count). The molecule has 13 heteroatoms. The maximum absolute atomic E-state index is 12.4. The lowest BCUT2D eigenvalue weighted by Gasteiger charge is -2.43. The Morgan fingerprint density at radius 3 is 2.40 bits per heavy atom. The molecule has 4 aliphatic rings. The highest BCUT2D eigenvalue weighted by molar-refractivity contribution is 7.85. The number of carbonyl (C=O) groups excluding carboxylic acids is 3. The average Bonchev–Trinajstić information content (AvgIpc) is 3.62. The maximum Gasteiger partial charge on any atom is 0.333 e. The van der Waals surface area contributed by atoms with E-state index in [0.717, 1.165) is 56.4 Å².